The first-order valence-electron chi connectivity index (χ1n) is 8.47. The van der Waals surface area contributed by atoms with E-state index in [1.165, 1.54) is 0 Å². The lowest BCUT2D eigenvalue weighted by atomic mass is 10.1. The molecule has 2 heterocycles. The third kappa shape index (κ3) is 2.59. The van der Waals surface area contributed by atoms with E-state index < -0.39 is 0 Å². The van der Waals surface area contributed by atoms with Crippen LogP contribution in [-0.2, 0) is 6.54 Å². The number of hydrogen-bond acceptors (Lipinski definition) is 4. The summed E-state index contributed by atoms with van der Waals surface area (Å²) in [6.45, 7) is 3.95. The lowest BCUT2D eigenvalue weighted by Crippen LogP contribution is -2.32. The van der Waals surface area contributed by atoms with Gasteiger partial charge in [0.25, 0.3) is 5.91 Å². The molecule has 0 saturated heterocycles. The largest absolute Gasteiger partial charge is 0.491 e. The lowest BCUT2D eigenvalue weighted by molar-refractivity contribution is 0.0990. The summed E-state index contributed by atoms with van der Waals surface area (Å²) >= 11 is 0. The highest BCUT2D eigenvalue weighted by molar-refractivity contribution is 6.12. The molecule has 1 amide bonds. The van der Waals surface area contributed by atoms with E-state index in [4.69, 9.17) is 10.5 Å². The lowest BCUT2D eigenvalue weighted by Gasteiger charge is -2.20. The minimum absolute atomic E-state index is 0.141. The third-order valence-electron chi connectivity index (χ3n) is 4.47. The maximum absolute atomic E-state index is 13.0. The molecular formula is C19H20N4O2. The predicted octanol–water partition coefficient (Wildman–Crippen LogP) is 3.07. The number of rotatable bonds is 3. The smallest absolute Gasteiger partial charge is 0.264 e. The first kappa shape index (κ1) is 15.5. The van der Waals surface area contributed by atoms with Crippen LogP contribution in [0.15, 0.2) is 42.7 Å². The molecule has 128 valence electrons. The Hall–Kier alpha value is -3.02. The van der Waals surface area contributed by atoms with Crippen molar-refractivity contribution in [3.63, 3.8) is 0 Å². The Kier molecular flexibility index (Phi) is 3.80. The van der Waals surface area contributed by atoms with Gasteiger partial charge in [-0.05, 0) is 36.8 Å². The molecule has 0 radical (unpaired) electrons. The van der Waals surface area contributed by atoms with Crippen molar-refractivity contribution in [2.75, 3.05) is 23.8 Å². The van der Waals surface area contributed by atoms with E-state index in [9.17, 15) is 4.79 Å². The van der Waals surface area contributed by atoms with Crippen LogP contribution < -0.4 is 15.4 Å². The Labute approximate surface area is 145 Å². The molecule has 25 heavy (non-hydrogen) atoms. The second-order valence-electron chi connectivity index (χ2n) is 6.14. The monoisotopic (exact) mass is 336 g/mol. The van der Waals surface area contributed by atoms with Gasteiger partial charge in [0.1, 0.15) is 17.9 Å². The van der Waals surface area contributed by atoms with E-state index in [1.54, 1.807) is 23.1 Å². The number of nitrogen functional groups attached to an aromatic ring is 1. The maximum atomic E-state index is 13.0. The Morgan fingerprint density at radius 3 is 3.00 bits per heavy atom. The Bertz CT molecular complexity index is 948. The van der Waals surface area contributed by atoms with Crippen molar-refractivity contribution in [1.82, 2.24) is 9.55 Å². The van der Waals surface area contributed by atoms with E-state index in [2.05, 4.69) is 16.5 Å². The van der Waals surface area contributed by atoms with E-state index in [-0.39, 0.29) is 5.91 Å². The fourth-order valence-electron chi connectivity index (χ4n) is 3.27. The van der Waals surface area contributed by atoms with Crippen molar-refractivity contribution >= 4 is 28.3 Å². The topological polar surface area (TPSA) is 73.4 Å². The zero-order valence-electron chi connectivity index (χ0n) is 14.1. The normalized spacial score (nSPS) is 14.3. The van der Waals surface area contributed by atoms with Crippen LogP contribution in [0.3, 0.4) is 0 Å². The zero-order valence-corrected chi connectivity index (χ0v) is 14.1. The summed E-state index contributed by atoms with van der Waals surface area (Å²) < 4.78 is 7.84. The van der Waals surface area contributed by atoms with E-state index in [1.807, 2.05) is 24.5 Å². The molecule has 3 aromatic rings. The van der Waals surface area contributed by atoms with Gasteiger partial charge in [-0.25, -0.2) is 4.98 Å². The summed E-state index contributed by atoms with van der Waals surface area (Å²) in [7, 11) is 0. The van der Waals surface area contributed by atoms with Crippen LogP contribution in [0.5, 0.6) is 5.75 Å². The number of benzene rings is 2. The summed E-state index contributed by atoms with van der Waals surface area (Å²) in [4.78, 5) is 19.2. The molecule has 6 heteroatoms. The highest BCUT2D eigenvalue weighted by Crippen LogP contribution is 2.31. The zero-order chi connectivity index (χ0) is 17.4. The Morgan fingerprint density at radius 1 is 1.28 bits per heavy atom. The quantitative estimate of drug-likeness (QED) is 0.746. The number of nitrogens with zero attached hydrogens (tertiary/aromatic N) is 3. The van der Waals surface area contributed by atoms with Gasteiger partial charge < -0.3 is 19.9 Å². The first-order chi connectivity index (χ1) is 12.2. The Balaban J connectivity index is 1.75. The number of fused-ring (bicyclic) bond motifs is 2. The Morgan fingerprint density at radius 2 is 2.16 bits per heavy atom. The van der Waals surface area contributed by atoms with Crippen molar-refractivity contribution in [3.8, 4) is 5.75 Å². The molecule has 4 rings (SSSR count). The molecule has 0 unspecified atom stereocenters. The number of ether oxygens (including phenoxy) is 1. The second kappa shape index (κ2) is 6.12. The van der Waals surface area contributed by atoms with Crippen LogP contribution in [0.4, 0.5) is 11.4 Å². The van der Waals surface area contributed by atoms with Crippen LogP contribution in [0, 0.1) is 0 Å². The number of carbonyl (C=O) groups excluding carboxylic acids is 1. The summed E-state index contributed by atoms with van der Waals surface area (Å²) in [6, 6.07) is 11.2. The molecule has 6 nitrogen and oxygen atoms in total. The third-order valence-corrected chi connectivity index (χ3v) is 4.47. The maximum Gasteiger partial charge on any atom is 0.264 e. The van der Waals surface area contributed by atoms with Crippen LogP contribution in [-0.4, -0.2) is 28.6 Å². The molecule has 2 N–H and O–H groups in total. The van der Waals surface area contributed by atoms with Crippen LogP contribution in [0.1, 0.15) is 23.7 Å². The molecule has 0 fully saturated rings. The molecule has 1 aromatic heterocycles. The van der Waals surface area contributed by atoms with E-state index in [0.717, 1.165) is 29.7 Å². The van der Waals surface area contributed by atoms with Crippen LogP contribution in [0.25, 0.3) is 11.0 Å². The molecule has 1 aliphatic heterocycles. The number of carbonyl (C=O) groups is 1. The van der Waals surface area contributed by atoms with Crippen molar-refractivity contribution in [2.24, 2.45) is 0 Å². The number of anilines is 2. The number of hydrogen-bond donors (Lipinski definition) is 1. The number of aromatic nitrogens is 2. The number of amides is 1. The summed E-state index contributed by atoms with van der Waals surface area (Å²) in [5.41, 5.74) is 9.64. The fourth-order valence-corrected chi connectivity index (χ4v) is 3.27. The van der Waals surface area contributed by atoms with Gasteiger partial charge in [-0.1, -0.05) is 13.0 Å². The van der Waals surface area contributed by atoms with Gasteiger partial charge in [0, 0.05) is 17.9 Å². The van der Waals surface area contributed by atoms with Gasteiger partial charge in [-0.3, -0.25) is 4.79 Å². The van der Waals surface area contributed by atoms with E-state index >= 15 is 0 Å². The van der Waals surface area contributed by atoms with Gasteiger partial charge in [-0.15, -0.1) is 0 Å². The summed E-state index contributed by atoms with van der Waals surface area (Å²) in [5, 5.41) is 0. The number of aryl methyl sites for hydroxylation is 1. The molecule has 0 aliphatic carbocycles. The molecule has 0 bridgehead atoms. The number of nitrogens with two attached hydrogens (primary N) is 1. The van der Waals surface area contributed by atoms with Crippen LogP contribution >= 0.6 is 0 Å². The van der Waals surface area contributed by atoms with Crippen molar-refractivity contribution in [3.05, 3.63) is 48.3 Å². The number of imidazole rings is 1. The highest BCUT2D eigenvalue weighted by Gasteiger charge is 2.27. The fraction of sp³-hybridized carbons (Fsp3) is 0.263. The SMILES string of the molecule is CCCn1cnc2cc(N3CCOc4cccc(N)c4C3=O)ccc21. The summed E-state index contributed by atoms with van der Waals surface area (Å²) in [5.74, 6) is 0.402. The van der Waals surface area contributed by atoms with Gasteiger partial charge in [0.2, 0.25) is 0 Å². The van der Waals surface area contributed by atoms with Gasteiger partial charge in [0.05, 0.1) is 23.9 Å². The molecule has 1 aliphatic rings. The van der Waals surface area contributed by atoms with Gasteiger partial charge in [-0.2, -0.15) is 0 Å². The predicted molar refractivity (Wildman–Crippen MR) is 98.0 cm³/mol. The van der Waals surface area contributed by atoms with Crippen LogP contribution in [0.2, 0.25) is 0 Å². The highest BCUT2D eigenvalue weighted by atomic mass is 16.5. The molecular weight excluding hydrogens is 316 g/mol. The first-order valence-corrected chi connectivity index (χ1v) is 8.47. The van der Waals surface area contributed by atoms with Gasteiger partial charge in [0.15, 0.2) is 0 Å². The second-order valence-corrected chi connectivity index (χ2v) is 6.14. The van der Waals surface area contributed by atoms with Crippen molar-refractivity contribution < 1.29 is 9.53 Å². The van der Waals surface area contributed by atoms with E-state index in [0.29, 0.717) is 30.2 Å². The van der Waals surface area contributed by atoms with Gasteiger partial charge >= 0.3 is 0 Å². The molecule has 2 aromatic carbocycles. The summed E-state index contributed by atoms with van der Waals surface area (Å²) in [6.07, 6.45) is 2.89. The molecule has 0 spiro atoms. The average Bonchev–Trinajstić information content (AvgIpc) is 2.92. The molecule has 0 saturated carbocycles. The van der Waals surface area contributed by atoms with Crippen molar-refractivity contribution in [1.29, 1.82) is 0 Å². The molecule has 0 atom stereocenters. The average molecular weight is 336 g/mol. The standard InChI is InChI=1S/C19H20N4O2/c1-2-8-22-12-21-15-11-13(6-7-16(15)22)23-9-10-25-17-5-3-4-14(20)18(17)19(23)24/h3-7,11-12H,2,8-10,20H2,1H3. The minimum atomic E-state index is -0.141. The minimum Gasteiger partial charge on any atom is -0.491 e. The van der Waals surface area contributed by atoms with Crippen molar-refractivity contribution in [2.45, 2.75) is 19.9 Å².